The number of halogens is 1. The second-order valence-electron chi connectivity index (χ2n) is 6.09. The highest BCUT2D eigenvalue weighted by molar-refractivity contribution is 6.30. The van der Waals surface area contributed by atoms with E-state index >= 15 is 0 Å². The topological polar surface area (TPSA) is 25.2 Å². The molecule has 0 spiro atoms. The van der Waals surface area contributed by atoms with Crippen molar-refractivity contribution < 1.29 is 4.42 Å². The lowest BCUT2D eigenvalue weighted by Gasteiger charge is -2.14. The van der Waals surface area contributed by atoms with Crippen LogP contribution in [0.4, 0.5) is 0 Å². The zero-order valence-corrected chi connectivity index (χ0v) is 11.7. The van der Waals surface area contributed by atoms with Crippen molar-refractivity contribution in [2.45, 2.75) is 32.2 Å². The predicted molar refractivity (Wildman–Crippen MR) is 77.3 cm³/mol. The Morgan fingerprint density at radius 3 is 2.79 bits per heavy atom. The van der Waals surface area contributed by atoms with E-state index in [4.69, 9.17) is 16.0 Å². The van der Waals surface area contributed by atoms with Crippen LogP contribution in [0, 0.1) is 11.3 Å². The molecule has 19 heavy (non-hydrogen) atoms. The monoisotopic (exact) mass is 275 g/mol. The van der Waals surface area contributed by atoms with E-state index in [2.05, 4.69) is 11.4 Å². The van der Waals surface area contributed by atoms with Crippen LogP contribution >= 0.6 is 11.6 Å². The van der Waals surface area contributed by atoms with Crippen LogP contribution in [0.1, 0.15) is 31.2 Å². The zero-order valence-electron chi connectivity index (χ0n) is 10.9. The van der Waals surface area contributed by atoms with Gasteiger partial charge < -0.3 is 9.73 Å². The quantitative estimate of drug-likeness (QED) is 0.877. The fourth-order valence-electron chi connectivity index (χ4n) is 3.26. The van der Waals surface area contributed by atoms with Gasteiger partial charge in [0, 0.05) is 24.0 Å². The number of benzene rings is 1. The number of hydrogen-bond donors (Lipinski definition) is 1. The van der Waals surface area contributed by atoms with Crippen molar-refractivity contribution in [3.63, 3.8) is 0 Å². The van der Waals surface area contributed by atoms with E-state index < -0.39 is 0 Å². The molecule has 100 valence electrons. The minimum Gasteiger partial charge on any atom is -0.444 e. The van der Waals surface area contributed by atoms with Crippen LogP contribution in [0.15, 0.2) is 28.7 Å². The summed E-state index contributed by atoms with van der Waals surface area (Å²) in [6.45, 7) is 1.94. The third-order valence-electron chi connectivity index (χ3n) is 4.76. The van der Waals surface area contributed by atoms with Crippen molar-refractivity contribution in [3.05, 3.63) is 35.0 Å². The summed E-state index contributed by atoms with van der Waals surface area (Å²) in [5, 5.41) is 5.27. The van der Waals surface area contributed by atoms with Crippen LogP contribution in [0.5, 0.6) is 0 Å². The van der Waals surface area contributed by atoms with E-state index in [0.717, 1.165) is 35.5 Å². The van der Waals surface area contributed by atoms with Crippen molar-refractivity contribution >= 4 is 22.6 Å². The Morgan fingerprint density at radius 2 is 2.05 bits per heavy atom. The highest BCUT2D eigenvalue weighted by Gasteiger charge is 2.53. The molecule has 2 fully saturated rings. The summed E-state index contributed by atoms with van der Waals surface area (Å²) in [7, 11) is 0. The second kappa shape index (κ2) is 4.26. The van der Waals surface area contributed by atoms with Crippen molar-refractivity contribution in [1.29, 1.82) is 0 Å². The van der Waals surface area contributed by atoms with Gasteiger partial charge in [0.2, 0.25) is 0 Å². The SMILES string of the molecule is Clc1oc2ccccc2c1CNCC1(C2CC2)CC1. The molecule has 0 unspecified atom stereocenters. The molecule has 1 aromatic heterocycles. The van der Waals surface area contributed by atoms with Gasteiger partial charge in [0.1, 0.15) is 5.58 Å². The summed E-state index contributed by atoms with van der Waals surface area (Å²) in [5.41, 5.74) is 2.61. The highest BCUT2D eigenvalue weighted by atomic mass is 35.5. The van der Waals surface area contributed by atoms with Crippen LogP contribution < -0.4 is 5.32 Å². The first-order chi connectivity index (χ1) is 9.28. The standard InChI is InChI=1S/C16H18ClNO/c17-15-13(12-3-1-2-4-14(12)19-15)9-18-10-16(7-8-16)11-5-6-11/h1-4,11,18H,5-10H2. The summed E-state index contributed by atoms with van der Waals surface area (Å²) >= 11 is 6.20. The summed E-state index contributed by atoms with van der Waals surface area (Å²) in [6.07, 6.45) is 5.70. The molecule has 1 aromatic carbocycles. The number of rotatable bonds is 5. The van der Waals surface area contributed by atoms with Gasteiger partial charge in [-0.15, -0.1) is 0 Å². The van der Waals surface area contributed by atoms with Gasteiger partial charge in [0.15, 0.2) is 5.22 Å². The third-order valence-corrected chi connectivity index (χ3v) is 5.07. The third kappa shape index (κ3) is 2.07. The van der Waals surface area contributed by atoms with Gasteiger partial charge in [-0.1, -0.05) is 18.2 Å². The number of para-hydroxylation sites is 1. The fourth-order valence-corrected chi connectivity index (χ4v) is 3.51. The predicted octanol–water partition coefficient (Wildman–Crippen LogP) is 4.37. The second-order valence-corrected chi connectivity index (χ2v) is 6.43. The molecule has 0 bridgehead atoms. The van der Waals surface area contributed by atoms with E-state index in [-0.39, 0.29) is 0 Å². The first-order valence-electron chi connectivity index (χ1n) is 7.15. The molecule has 4 rings (SSSR count). The molecule has 2 aliphatic rings. The van der Waals surface area contributed by atoms with Crippen LogP contribution in [0.3, 0.4) is 0 Å². The van der Waals surface area contributed by atoms with Crippen molar-refractivity contribution in [3.8, 4) is 0 Å². The smallest absolute Gasteiger partial charge is 0.199 e. The molecule has 1 N–H and O–H groups in total. The Morgan fingerprint density at radius 1 is 1.26 bits per heavy atom. The summed E-state index contributed by atoms with van der Waals surface area (Å²) < 4.78 is 5.58. The van der Waals surface area contributed by atoms with Crippen molar-refractivity contribution in [1.82, 2.24) is 5.32 Å². The number of furan rings is 1. The van der Waals surface area contributed by atoms with Crippen molar-refractivity contribution in [2.75, 3.05) is 6.54 Å². The number of fused-ring (bicyclic) bond motifs is 1. The Kier molecular flexibility index (Phi) is 2.64. The van der Waals surface area contributed by atoms with E-state index in [0.29, 0.717) is 10.6 Å². The van der Waals surface area contributed by atoms with E-state index in [1.807, 2.05) is 18.2 Å². The van der Waals surface area contributed by atoms with E-state index in [1.165, 1.54) is 25.7 Å². The van der Waals surface area contributed by atoms with Gasteiger partial charge in [-0.3, -0.25) is 0 Å². The molecular formula is C16H18ClNO. The summed E-state index contributed by atoms with van der Waals surface area (Å²) in [6, 6.07) is 8.06. The molecular weight excluding hydrogens is 258 g/mol. The van der Waals surface area contributed by atoms with Crippen LogP contribution in [0.25, 0.3) is 11.0 Å². The molecule has 1 heterocycles. The van der Waals surface area contributed by atoms with Gasteiger partial charge in [-0.05, 0) is 54.7 Å². The van der Waals surface area contributed by atoms with Crippen LogP contribution in [0.2, 0.25) is 5.22 Å². The molecule has 0 atom stereocenters. The maximum absolute atomic E-state index is 6.20. The Hall–Kier alpha value is -0.990. The molecule has 0 amide bonds. The average molecular weight is 276 g/mol. The largest absolute Gasteiger partial charge is 0.444 e. The lowest BCUT2D eigenvalue weighted by molar-refractivity contribution is 0.403. The van der Waals surface area contributed by atoms with Crippen LogP contribution in [-0.4, -0.2) is 6.54 Å². The van der Waals surface area contributed by atoms with Gasteiger partial charge >= 0.3 is 0 Å². The Bertz CT molecular complexity index is 610. The molecule has 2 aromatic rings. The first-order valence-corrected chi connectivity index (χ1v) is 7.53. The molecule has 0 saturated heterocycles. The molecule has 3 heteroatoms. The van der Waals surface area contributed by atoms with Gasteiger partial charge in [0.05, 0.1) is 0 Å². The summed E-state index contributed by atoms with van der Waals surface area (Å²) in [4.78, 5) is 0. The van der Waals surface area contributed by atoms with Gasteiger partial charge in [0.25, 0.3) is 0 Å². The molecule has 2 nitrogen and oxygen atoms in total. The molecule has 2 aliphatic carbocycles. The van der Waals surface area contributed by atoms with E-state index in [9.17, 15) is 0 Å². The average Bonchev–Trinajstić information content (AvgIpc) is 3.29. The lowest BCUT2D eigenvalue weighted by atomic mass is 10.0. The Balaban J connectivity index is 1.47. The van der Waals surface area contributed by atoms with E-state index in [1.54, 1.807) is 0 Å². The molecule has 2 saturated carbocycles. The van der Waals surface area contributed by atoms with Gasteiger partial charge in [-0.2, -0.15) is 0 Å². The maximum atomic E-state index is 6.20. The first kappa shape index (κ1) is 11.8. The zero-order chi connectivity index (χ0) is 12.9. The lowest BCUT2D eigenvalue weighted by Crippen LogP contribution is -2.25. The van der Waals surface area contributed by atoms with Crippen molar-refractivity contribution in [2.24, 2.45) is 11.3 Å². The minimum absolute atomic E-state index is 0.532. The minimum atomic E-state index is 0.532. The van der Waals surface area contributed by atoms with Gasteiger partial charge in [-0.25, -0.2) is 0 Å². The normalized spacial score (nSPS) is 20.9. The van der Waals surface area contributed by atoms with Crippen LogP contribution in [-0.2, 0) is 6.54 Å². The Labute approximate surface area is 118 Å². The highest BCUT2D eigenvalue weighted by Crippen LogP contribution is 2.60. The molecule has 0 radical (unpaired) electrons. The number of hydrogen-bond acceptors (Lipinski definition) is 2. The number of nitrogens with one attached hydrogen (secondary N) is 1. The summed E-state index contributed by atoms with van der Waals surface area (Å²) in [5.74, 6) is 0.997. The maximum Gasteiger partial charge on any atom is 0.199 e. The fraction of sp³-hybridized carbons (Fsp3) is 0.500. The molecule has 0 aliphatic heterocycles.